The van der Waals surface area contributed by atoms with Gasteiger partial charge in [-0.1, -0.05) is 68.1 Å². The van der Waals surface area contributed by atoms with Crippen LogP contribution in [0.1, 0.15) is 43.9 Å². The normalized spacial score (nSPS) is 12.1. The smallest absolute Gasteiger partial charge is 0.239 e. The summed E-state index contributed by atoms with van der Waals surface area (Å²) in [5.41, 5.74) is 0. The Hall–Kier alpha value is -2.17. The minimum absolute atomic E-state index is 0.104. The van der Waals surface area contributed by atoms with Crippen LogP contribution in [0.3, 0.4) is 0 Å². The summed E-state index contributed by atoms with van der Waals surface area (Å²) in [4.78, 5) is 14.0. The summed E-state index contributed by atoms with van der Waals surface area (Å²) < 4.78 is 2.02. The second-order valence-corrected chi connectivity index (χ2v) is 10.2. The Balaban J connectivity index is 1.69. The number of hydrogen-bond donors (Lipinski definition) is 1. The van der Waals surface area contributed by atoms with Gasteiger partial charge in [-0.05, 0) is 18.6 Å². The highest BCUT2D eigenvalue weighted by molar-refractivity contribution is 8.00. The Morgan fingerprint density at radius 2 is 2.00 bits per heavy atom. The van der Waals surface area contributed by atoms with Crippen LogP contribution in [-0.4, -0.2) is 36.1 Å². The molecule has 7 nitrogen and oxygen atoms in total. The Kier molecular flexibility index (Phi) is 8.68. The monoisotopic (exact) mass is 474 g/mol. The Bertz CT molecular complexity index is 1000. The number of nitrogens with one attached hydrogen (secondary N) is 1. The highest BCUT2D eigenvalue weighted by Crippen LogP contribution is 2.29. The molecule has 0 radical (unpaired) electrons. The molecule has 0 fully saturated rings. The van der Waals surface area contributed by atoms with E-state index in [2.05, 4.69) is 58.3 Å². The minimum atomic E-state index is -0.311. The molecular formula is C21H26N6OS3. The molecule has 0 saturated carbocycles. The lowest BCUT2D eigenvalue weighted by atomic mass is 10.2. The summed E-state index contributed by atoms with van der Waals surface area (Å²) in [5.74, 6) is 1.73. The van der Waals surface area contributed by atoms with Crippen molar-refractivity contribution < 1.29 is 4.79 Å². The van der Waals surface area contributed by atoms with E-state index in [9.17, 15) is 4.79 Å². The Morgan fingerprint density at radius 1 is 1.23 bits per heavy atom. The average molecular weight is 475 g/mol. The molecule has 1 aromatic carbocycles. The van der Waals surface area contributed by atoms with Gasteiger partial charge < -0.3 is 4.57 Å². The molecule has 0 saturated heterocycles. The van der Waals surface area contributed by atoms with Crippen LogP contribution >= 0.6 is 34.9 Å². The third-order valence-electron chi connectivity index (χ3n) is 4.29. The number of rotatable bonds is 11. The first kappa shape index (κ1) is 23.5. The first-order valence-corrected chi connectivity index (χ1v) is 12.7. The van der Waals surface area contributed by atoms with E-state index in [4.69, 9.17) is 0 Å². The van der Waals surface area contributed by atoms with Crippen molar-refractivity contribution in [2.45, 2.75) is 60.7 Å². The predicted octanol–water partition coefficient (Wildman–Crippen LogP) is 5.24. The zero-order valence-corrected chi connectivity index (χ0v) is 20.3. The van der Waals surface area contributed by atoms with Crippen LogP contribution in [-0.2, 0) is 17.1 Å². The van der Waals surface area contributed by atoms with E-state index >= 15 is 0 Å². The molecule has 164 valence electrons. The molecule has 1 amide bonds. The van der Waals surface area contributed by atoms with E-state index in [0.29, 0.717) is 29.0 Å². The molecule has 3 aromatic rings. The third kappa shape index (κ3) is 6.41. The molecule has 31 heavy (non-hydrogen) atoms. The Labute approximate surface area is 195 Å². The lowest BCUT2D eigenvalue weighted by molar-refractivity contribution is -0.115. The van der Waals surface area contributed by atoms with Crippen molar-refractivity contribution in [1.82, 2.24) is 25.0 Å². The number of thioether (sulfide) groups is 2. The van der Waals surface area contributed by atoms with E-state index in [0.717, 1.165) is 10.8 Å². The maximum absolute atomic E-state index is 12.8. The summed E-state index contributed by atoms with van der Waals surface area (Å²) in [6.07, 6.45) is 2.47. The van der Waals surface area contributed by atoms with Gasteiger partial charge >= 0.3 is 0 Å². The first-order chi connectivity index (χ1) is 15.0. The Morgan fingerprint density at radius 3 is 2.65 bits per heavy atom. The summed E-state index contributed by atoms with van der Waals surface area (Å²) >= 11 is 4.53. The van der Waals surface area contributed by atoms with Gasteiger partial charge in [-0.2, -0.15) is 0 Å². The number of anilines is 1. The number of hydrogen-bond acceptors (Lipinski definition) is 8. The molecule has 0 aliphatic heterocycles. The van der Waals surface area contributed by atoms with Gasteiger partial charge in [0.15, 0.2) is 5.16 Å². The molecule has 1 unspecified atom stereocenters. The zero-order valence-electron chi connectivity index (χ0n) is 17.8. The number of carbonyl (C=O) groups excluding carboxylic acids is 1. The van der Waals surface area contributed by atoms with Crippen molar-refractivity contribution in [2.75, 3.05) is 5.32 Å². The average Bonchev–Trinajstić information content (AvgIpc) is 3.39. The molecule has 0 spiro atoms. The number of amides is 1. The van der Waals surface area contributed by atoms with Crippen LogP contribution in [0.2, 0.25) is 0 Å². The maximum Gasteiger partial charge on any atom is 0.239 e. The van der Waals surface area contributed by atoms with E-state index in [1.54, 1.807) is 11.8 Å². The van der Waals surface area contributed by atoms with Crippen LogP contribution in [0.25, 0.3) is 0 Å². The van der Waals surface area contributed by atoms with E-state index in [1.165, 1.54) is 28.0 Å². The molecular weight excluding hydrogens is 448 g/mol. The fraction of sp³-hybridized carbons (Fsp3) is 0.381. The lowest BCUT2D eigenvalue weighted by Crippen LogP contribution is -2.25. The molecule has 2 aromatic heterocycles. The second kappa shape index (κ2) is 11.4. The van der Waals surface area contributed by atoms with Gasteiger partial charge in [0.25, 0.3) is 0 Å². The zero-order chi connectivity index (χ0) is 22.2. The van der Waals surface area contributed by atoms with Crippen molar-refractivity contribution in [2.24, 2.45) is 0 Å². The van der Waals surface area contributed by atoms with Gasteiger partial charge in [-0.15, -0.1) is 38.7 Å². The minimum Gasteiger partial charge on any atom is -0.301 e. The molecule has 1 atom stereocenters. The van der Waals surface area contributed by atoms with E-state index in [1.807, 2.05) is 35.8 Å². The number of carbonyl (C=O) groups is 1. The SMILES string of the molecule is C=CCn1c(CSc2ccccc2)nnc1SC(CC)C(=O)Nc1nnc(C(C)C)s1. The summed E-state index contributed by atoms with van der Waals surface area (Å²) in [5, 5.41) is 21.7. The highest BCUT2D eigenvalue weighted by Gasteiger charge is 2.23. The molecule has 1 N–H and O–H groups in total. The number of allylic oxidation sites excluding steroid dienone is 1. The van der Waals surface area contributed by atoms with Crippen molar-refractivity contribution >= 4 is 45.9 Å². The maximum atomic E-state index is 12.8. The number of aromatic nitrogens is 5. The van der Waals surface area contributed by atoms with Crippen molar-refractivity contribution in [1.29, 1.82) is 0 Å². The van der Waals surface area contributed by atoms with Crippen LogP contribution in [0, 0.1) is 0 Å². The number of nitrogens with zero attached hydrogens (tertiary/aromatic N) is 5. The quantitative estimate of drug-likeness (QED) is 0.300. The van der Waals surface area contributed by atoms with Gasteiger partial charge in [0.2, 0.25) is 11.0 Å². The second-order valence-electron chi connectivity index (χ2n) is 7.00. The lowest BCUT2D eigenvalue weighted by Gasteiger charge is -2.14. The predicted molar refractivity (Wildman–Crippen MR) is 129 cm³/mol. The summed E-state index contributed by atoms with van der Waals surface area (Å²) in [7, 11) is 0. The fourth-order valence-corrected chi connectivity index (χ4v) is 5.23. The fourth-order valence-electron chi connectivity index (χ4n) is 2.64. The molecule has 10 heteroatoms. The van der Waals surface area contributed by atoms with E-state index < -0.39 is 0 Å². The van der Waals surface area contributed by atoms with Crippen LogP contribution in [0.4, 0.5) is 5.13 Å². The largest absolute Gasteiger partial charge is 0.301 e. The molecule has 3 rings (SSSR count). The third-order valence-corrected chi connectivity index (χ3v) is 7.78. The van der Waals surface area contributed by atoms with Crippen LogP contribution < -0.4 is 5.32 Å². The van der Waals surface area contributed by atoms with Crippen molar-refractivity contribution in [3.8, 4) is 0 Å². The van der Waals surface area contributed by atoms with Crippen molar-refractivity contribution in [3.63, 3.8) is 0 Å². The van der Waals surface area contributed by atoms with Gasteiger partial charge in [-0.3, -0.25) is 10.1 Å². The van der Waals surface area contributed by atoms with Crippen LogP contribution in [0.5, 0.6) is 0 Å². The summed E-state index contributed by atoms with van der Waals surface area (Å²) in [6.45, 7) is 10.5. The highest BCUT2D eigenvalue weighted by atomic mass is 32.2. The van der Waals surface area contributed by atoms with Gasteiger partial charge in [0.1, 0.15) is 10.8 Å². The summed E-state index contributed by atoms with van der Waals surface area (Å²) in [6, 6.07) is 10.2. The van der Waals surface area contributed by atoms with E-state index in [-0.39, 0.29) is 17.1 Å². The first-order valence-electron chi connectivity index (χ1n) is 10.0. The van der Waals surface area contributed by atoms with Gasteiger partial charge in [-0.25, -0.2) is 0 Å². The topological polar surface area (TPSA) is 85.6 Å². The standard InChI is InChI=1S/C21H26N6OS3/c1-5-12-27-17(13-29-15-10-8-7-9-11-15)23-26-21(27)30-16(6-2)18(28)22-20-25-24-19(31-20)14(3)4/h5,7-11,14,16H,1,6,12-13H2,2-4H3,(H,22,25,28). The van der Waals surface area contributed by atoms with Crippen LogP contribution in [0.15, 0.2) is 53.0 Å². The van der Waals surface area contributed by atoms with Gasteiger partial charge in [0.05, 0.1) is 11.0 Å². The molecule has 0 bridgehead atoms. The molecule has 0 aliphatic carbocycles. The van der Waals surface area contributed by atoms with Crippen molar-refractivity contribution in [3.05, 3.63) is 53.8 Å². The molecule has 2 heterocycles. The number of benzene rings is 1. The molecule has 0 aliphatic rings. The van der Waals surface area contributed by atoms with Gasteiger partial charge in [0, 0.05) is 17.4 Å².